The molecule has 0 spiro atoms. The molecule has 1 atom stereocenters. The summed E-state index contributed by atoms with van der Waals surface area (Å²) in [4.78, 5) is 45.5. The maximum atomic E-state index is 12.0. The number of carboxylic acids is 2. The summed E-state index contributed by atoms with van der Waals surface area (Å²) in [5.74, 6) is -2.46. The summed E-state index contributed by atoms with van der Waals surface area (Å²) in [5, 5.41) is 23.0. The Labute approximate surface area is 185 Å². The molecule has 0 bridgehead atoms. The highest BCUT2D eigenvalue weighted by Crippen LogP contribution is 2.11. The van der Waals surface area contributed by atoms with Crippen LogP contribution in [0.15, 0.2) is 0 Å². The van der Waals surface area contributed by atoms with Gasteiger partial charge in [-0.25, -0.2) is 4.79 Å². The van der Waals surface area contributed by atoms with Crippen molar-refractivity contribution < 1.29 is 34.1 Å². The molecule has 0 aliphatic heterocycles. The normalized spacial score (nSPS) is 11.6. The number of nitrogens with one attached hydrogen (secondary N) is 2. The van der Waals surface area contributed by atoms with Gasteiger partial charge in [-0.1, -0.05) is 45.4 Å². The average Bonchev–Trinajstić information content (AvgIpc) is 2.71. The first-order valence-electron chi connectivity index (χ1n) is 11.4. The zero-order chi connectivity index (χ0) is 23.3. The van der Waals surface area contributed by atoms with Crippen molar-refractivity contribution in [3.63, 3.8) is 0 Å². The van der Waals surface area contributed by atoms with Gasteiger partial charge in [-0.05, 0) is 25.7 Å². The predicted octanol–water partition coefficient (Wildman–Crippen LogP) is 2.86. The molecule has 4 N–H and O–H groups in total. The Morgan fingerprint density at radius 1 is 0.774 bits per heavy atom. The van der Waals surface area contributed by atoms with Gasteiger partial charge in [0.15, 0.2) is 0 Å². The lowest BCUT2D eigenvalue weighted by atomic mass is 10.1. The molecule has 0 heterocycles. The fraction of sp³-hybridized carbons (Fsp3) is 0.818. The monoisotopic (exact) mass is 444 g/mol. The number of hydrogen-bond acceptors (Lipinski definition) is 5. The minimum absolute atomic E-state index is 0.0253. The van der Waals surface area contributed by atoms with Crippen LogP contribution in [0.25, 0.3) is 0 Å². The molecule has 9 heteroatoms. The van der Waals surface area contributed by atoms with E-state index >= 15 is 0 Å². The van der Waals surface area contributed by atoms with E-state index in [2.05, 4.69) is 10.6 Å². The van der Waals surface area contributed by atoms with E-state index < -0.39 is 18.0 Å². The lowest BCUT2D eigenvalue weighted by Crippen LogP contribution is -2.41. The highest BCUT2D eigenvalue weighted by atomic mass is 16.5. The van der Waals surface area contributed by atoms with Crippen LogP contribution in [-0.2, 0) is 23.9 Å². The molecule has 2 amide bonds. The number of carbonyl (C=O) groups is 4. The van der Waals surface area contributed by atoms with E-state index in [1.165, 1.54) is 0 Å². The van der Waals surface area contributed by atoms with Crippen LogP contribution in [0.4, 0.5) is 0 Å². The lowest BCUT2D eigenvalue weighted by molar-refractivity contribution is -0.142. The largest absolute Gasteiger partial charge is 0.481 e. The van der Waals surface area contributed by atoms with E-state index in [9.17, 15) is 24.3 Å². The van der Waals surface area contributed by atoms with E-state index in [4.69, 9.17) is 9.84 Å². The molecule has 0 unspecified atom stereocenters. The second-order valence-electron chi connectivity index (χ2n) is 7.68. The van der Waals surface area contributed by atoms with E-state index in [-0.39, 0.29) is 37.5 Å². The van der Waals surface area contributed by atoms with Gasteiger partial charge >= 0.3 is 11.9 Å². The first kappa shape index (κ1) is 28.8. The van der Waals surface area contributed by atoms with E-state index in [1.54, 1.807) is 0 Å². The van der Waals surface area contributed by atoms with Crippen molar-refractivity contribution in [2.45, 2.75) is 96.4 Å². The molecule has 0 radical (unpaired) electrons. The standard InChI is InChI=1S/C22H40N2O7/c1-2-16-31-17-15-23-19(25)14-13-18(22(29)30)24-20(26)11-9-7-5-3-4-6-8-10-12-21(27)28/h18H,2-17H2,1H3,(H,23,25)(H,24,26)(H,27,28)(H,29,30)/t18-/m0/s1. The SMILES string of the molecule is CCCOCCNC(=O)CC[C@H](NC(=O)CCCCCCCCCCC(=O)O)C(=O)O. The fourth-order valence-corrected chi connectivity index (χ4v) is 3.02. The number of hydrogen-bond donors (Lipinski definition) is 4. The van der Waals surface area contributed by atoms with Crippen LogP contribution < -0.4 is 10.6 Å². The Morgan fingerprint density at radius 3 is 1.90 bits per heavy atom. The lowest BCUT2D eigenvalue weighted by Gasteiger charge is -2.14. The highest BCUT2D eigenvalue weighted by molar-refractivity contribution is 5.84. The number of unbranched alkanes of at least 4 members (excludes halogenated alkanes) is 7. The number of rotatable bonds is 21. The molecule has 0 aliphatic rings. The summed E-state index contributed by atoms with van der Waals surface area (Å²) in [6.07, 6.45) is 8.82. The van der Waals surface area contributed by atoms with Crippen molar-refractivity contribution in [3.8, 4) is 0 Å². The Balaban J connectivity index is 3.80. The fourth-order valence-electron chi connectivity index (χ4n) is 3.02. The molecule has 0 aromatic heterocycles. The third-order valence-corrected chi connectivity index (χ3v) is 4.75. The Kier molecular flexibility index (Phi) is 18.4. The van der Waals surface area contributed by atoms with Crippen molar-refractivity contribution in [1.29, 1.82) is 0 Å². The zero-order valence-electron chi connectivity index (χ0n) is 18.8. The number of carbonyl (C=O) groups excluding carboxylic acids is 2. The molecule has 0 rings (SSSR count). The van der Waals surface area contributed by atoms with Gasteiger partial charge in [0.05, 0.1) is 6.61 Å². The predicted molar refractivity (Wildman–Crippen MR) is 117 cm³/mol. The molecule has 0 aromatic carbocycles. The Morgan fingerprint density at radius 2 is 1.35 bits per heavy atom. The van der Waals surface area contributed by atoms with E-state index in [1.807, 2.05) is 6.92 Å². The van der Waals surface area contributed by atoms with Gasteiger partial charge in [0, 0.05) is 32.4 Å². The Bertz CT molecular complexity index is 526. The summed E-state index contributed by atoms with van der Waals surface area (Å²) < 4.78 is 5.26. The van der Waals surface area contributed by atoms with Gasteiger partial charge in [0.2, 0.25) is 11.8 Å². The minimum atomic E-state index is -1.14. The number of ether oxygens (including phenoxy) is 1. The first-order valence-corrected chi connectivity index (χ1v) is 11.4. The van der Waals surface area contributed by atoms with Gasteiger partial charge in [-0.3, -0.25) is 14.4 Å². The number of aliphatic carboxylic acids is 2. The second kappa shape index (κ2) is 19.8. The molecule has 9 nitrogen and oxygen atoms in total. The van der Waals surface area contributed by atoms with E-state index in [0.29, 0.717) is 26.2 Å². The van der Waals surface area contributed by atoms with Crippen LogP contribution in [0.5, 0.6) is 0 Å². The van der Waals surface area contributed by atoms with Gasteiger partial charge in [0.1, 0.15) is 6.04 Å². The van der Waals surface area contributed by atoms with E-state index in [0.717, 1.165) is 51.4 Å². The molecule has 180 valence electrons. The van der Waals surface area contributed by atoms with Gasteiger partial charge in [-0.2, -0.15) is 0 Å². The van der Waals surface area contributed by atoms with Gasteiger partial charge in [0.25, 0.3) is 0 Å². The maximum absolute atomic E-state index is 12.0. The topological polar surface area (TPSA) is 142 Å². The van der Waals surface area contributed by atoms with Crippen LogP contribution >= 0.6 is 0 Å². The average molecular weight is 445 g/mol. The summed E-state index contributed by atoms with van der Waals surface area (Å²) in [5.41, 5.74) is 0. The molecular weight excluding hydrogens is 404 g/mol. The third-order valence-electron chi connectivity index (χ3n) is 4.75. The molecule has 0 aliphatic carbocycles. The summed E-state index contributed by atoms with van der Waals surface area (Å²) in [6, 6.07) is -1.07. The van der Waals surface area contributed by atoms with Crippen LogP contribution in [0.2, 0.25) is 0 Å². The zero-order valence-corrected chi connectivity index (χ0v) is 18.8. The second-order valence-corrected chi connectivity index (χ2v) is 7.68. The smallest absolute Gasteiger partial charge is 0.326 e. The molecular formula is C22H40N2O7. The van der Waals surface area contributed by atoms with Crippen molar-refractivity contribution >= 4 is 23.8 Å². The molecule has 31 heavy (non-hydrogen) atoms. The highest BCUT2D eigenvalue weighted by Gasteiger charge is 2.20. The molecule has 0 fully saturated rings. The number of amides is 2. The maximum Gasteiger partial charge on any atom is 0.326 e. The van der Waals surface area contributed by atoms with Crippen molar-refractivity contribution in [2.24, 2.45) is 0 Å². The molecule has 0 saturated heterocycles. The third kappa shape index (κ3) is 19.5. The minimum Gasteiger partial charge on any atom is -0.481 e. The van der Waals surface area contributed by atoms with Crippen molar-refractivity contribution in [3.05, 3.63) is 0 Å². The first-order chi connectivity index (χ1) is 14.9. The number of carboxylic acid groups (broad SMARTS) is 2. The van der Waals surface area contributed by atoms with Gasteiger partial charge < -0.3 is 25.6 Å². The Hall–Kier alpha value is -2.16. The van der Waals surface area contributed by atoms with Crippen LogP contribution in [-0.4, -0.2) is 59.8 Å². The van der Waals surface area contributed by atoms with Crippen LogP contribution in [0.1, 0.15) is 90.4 Å². The molecule has 0 saturated carbocycles. The summed E-state index contributed by atoms with van der Waals surface area (Å²) >= 11 is 0. The van der Waals surface area contributed by atoms with Crippen molar-refractivity contribution in [1.82, 2.24) is 10.6 Å². The summed E-state index contributed by atoms with van der Waals surface area (Å²) in [7, 11) is 0. The van der Waals surface area contributed by atoms with Crippen LogP contribution in [0.3, 0.4) is 0 Å². The quantitative estimate of drug-likeness (QED) is 0.199. The van der Waals surface area contributed by atoms with Crippen molar-refractivity contribution in [2.75, 3.05) is 19.8 Å². The summed E-state index contributed by atoms with van der Waals surface area (Å²) in [6.45, 7) is 3.43. The molecule has 0 aromatic rings. The van der Waals surface area contributed by atoms with Crippen LogP contribution in [0, 0.1) is 0 Å². The van der Waals surface area contributed by atoms with Gasteiger partial charge in [-0.15, -0.1) is 0 Å².